The van der Waals surface area contributed by atoms with Crippen LogP contribution in [0.3, 0.4) is 0 Å². The van der Waals surface area contributed by atoms with E-state index < -0.39 is 5.76 Å². The summed E-state index contributed by atoms with van der Waals surface area (Å²) < 4.78 is 10.1. The van der Waals surface area contributed by atoms with E-state index in [1.165, 1.54) is 0 Å². The van der Waals surface area contributed by atoms with Crippen molar-refractivity contribution in [3.05, 3.63) is 51.9 Å². The van der Waals surface area contributed by atoms with Gasteiger partial charge in [0.1, 0.15) is 5.76 Å². The van der Waals surface area contributed by atoms with Crippen LogP contribution in [0.5, 0.6) is 0 Å². The lowest BCUT2D eigenvalue weighted by Gasteiger charge is -2.03. The number of aromatic amines is 1. The van der Waals surface area contributed by atoms with Crippen LogP contribution in [0.4, 0.5) is 5.69 Å². The van der Waals surface area contributed by atoms with E-state index in [0.29, 0.717) is 22.9 Å². The minimum Gasteiger partial charge on any atom is -0.448 e. The summed E-state index contributed by atoms with van der Waals surface area (Å²) in [7, 11) is 0. The van der Waals surface area contributed by atoms with Crippen molar-refractivity contribution >= 4 is 28.4 Å². The van der Waals surface area contributed by atoms with Crippen LogP contribution < -0.4 is 11.1 Å². The van der Waals surface area contributed by atoms with Crippen molar-refractivity contribution < 1.29 is 8.83 Å². The number of nitrogens with one attached hydrogen (secondary N) is 2. The molecule has 0 spiro atoms. The largest absolute Gasteiger partial charge is 0.448 e. The molecule has 2 heterocycles. The highest BCUT2D eigenvalue weighted by Crippen LogP contribution is 2.18. The molecule has 0 saturated heterocycles. The molecule has 3 rings (SSSR count). The molecular formula is C12H9ClN2O3. The SMILES string of the molecule is O=c1[nH]c2cc(NCc3ccc(Cl)o3)ccc2o1. The lowest BCUT2D eigenvalue weighted by Crippen LogP contribution is -1.97. The number of benzene rings is 1. The Bertz CT molecular complexity index is 741. The third kappa shape index (κ3) is 2.12. The topological polar surface area (TPSA) is 71.2 Å². The van der Waals surface area contributed by atoms with Crippen LogP contribution in [0.15, 0.2) is 44.0 Å². The van der Waals surface area contributed by atoms with E-state index in [0.717, 1.165) is 11.4 Å². The highest BCUT2D eigenvalue weighted by molar-refractivity contribution is 6.28. The number of anilines is 1. The third-order valence-electron chi connectivity index (χ3n) is 2.51. The van der Waals surface area contributed by atoms with E-state index in [1.807, 2.05) is 6.07 Å². The number of halogens is 1. The van der Waals surface area contributed by atoms with Gasteiger partial charge in [-0.3, -0.25) is 4.98 Å². The fourth-order valence-corrected chi connectivity index (χ4v) is 1.86. The standard InChI is InChI=1S/C12H9ClN2O3/c13-11-4-2-8(17-11)6-14-7-1-3-10-9(5-7)15-12(16)18-10/h1-5,14H,6H2,(H,15,16). The molecule has 92 valence electrons. The summed E-state index contributed by atoms with van der Waals surface area (Å²) in [5.41, 5.74) is 2.04. The molecule has 5 nitrogen and oxygen atoms in total. The lowest BCUT2D eigenvalue weighted by atomic mass is 10.3. The molecule has 0 aliphatic carbocycles. The maximum absolute atomic E-state index is 11.0. The van der Waals surface area contributed by atoms with Gasteiger partial charge in [0.05, 0.1) is 12.1 Å². The number of furan rings is 1. The molecular weight excluding hydrogens is 256 g/mol. The maximum atomic E-state index is 11.0. The molecule has 3 aromatic rings. The van der Waals surface area contributed by atoms with Crippen LogP contribution >= 0.6 is 11.6 Å². The Hall–Kier alpha value is -2.14. The average molecular weight is 265 g/mol. The first kappa shape index (κ1) is 11.0. The minimum absolute atomic E-state index is 0.362. The normalized spacial score (nSPS) is 10.9. The van der Waals surface area contributed by atoms with E-state index >= 15 is 0 Å². The maximum Gasteiger partial charge on any atom is 0.417 e. The van der Waals surface area contributed by atoms with Gasteiger partial charge in [-0.15, -0.1) is 0 Å². The molecule has 2 aromatic heterocycles. The van der Waals surface area contributed by atoms with Gasteiger partial charge >= 0.3 is 5.76 Å². The van der Waals surface area contributed by atoms with Crippen LogP contribution in [0.1, 0.15) is 5.76 Å². The summed E-state index contributed by atoms with van der Waals surface area (Å²) >= 11 is 5.68. The molecule has 0 fully saturated rings. The molecule has 0 aliphatic heterocycles. The number of fused-ring (bicyclic) bond motifs is 1. The summed E-state index contributed by atoms with van der Waals surface area (Å²) in [5.74, 6) is 0.278. The van der Waals surface area contributed by atoms with Crippen molar-refractivity contribution in [2.24, 2.45) is 0 Å². The smallest absolute Gasteiger partial charge is 0.417 e. The fraction of sp³-hybridized carbons (Fsp3) is 0.0833. The Kier molecular flexibility index (Phi) is 2.60. The third-order valence-corrected chi connectivity index (χ3v) is 2.72. The van der Waals surface area contributed by atoms with Crippen LogP contribution in [0.2, 0.25) is 5.22 Å². The molecule has 0 atom stereocenters. The summed E-state index contributed by atoms with van der Waals surface area (Å²) in [6, 6.07) is 8.84. The van der Waals surface area contributed by atoms with Crippen molar-refractivity contribution in [1.29, 1.82) is 0 Å². The molecule has 0 bridgehead atoms. The van der Waals surface area contributed by atoms with Gasteiger partial charge in [-0.25, -0.2) is 4.79 Å². The number of H-pyrrole nitrogens is 1. The number of rotatable bonds is 3. The highest BCUT2D eigenvalue weighted by atomic mass is 35.5. The summed E-state index contributed by atoms with van der Waals surface area (Å²) in [6.45, 7) is 0.514. The lowest BCUT2D eigenvalue weighted by molar-refractivity contribution is 0.520. The van der Waals surface area contributed by atoms with Gasteiger partial charge in [-0.05, 0) is 41.9 Å². The molecule has 0 saturated carbocycles. The summed E-state index contributed by atoms with van der Waals surface area (Å²) in [5, 5.41) is 3.52. The molecule has 0 radical (unpaired) electrons. The van der Waals surface area contributed by atoms with E-state index in [9.17, 15) is 4.79 Å². The fourth-order valence-electron chi connectivity index (χ4n) is 1.70. The Balaban J connectivity index is 1.80. The van der Waals surface area contributed by atoms with E-state index in [1.54, 1.807) is 24.3 Å². The molecule has 0 amide bonds. The zero-order chi connectivity index (χ0) is 12.5. The van der Waals surface area contributed by atoms with Gasteiger partial charge in [-0.2, -0.15) is 0 Å². The van der Waals surface area contributed by atoms with Crippen molar-refractivity contribution in [3.8, 4) is 0 Å². The zero-order valence-corrected chi connectivity index (χ0v) is 9.95. The molecule has 1 aromatic carbocycles. The molecule has 2 N–H and O–H groups in total. The van der Waals surface area contributed by atoms with Gasteiger partial charge in [0.25, 0.3) is 0 Å². The second-order valence-electron chi connectivity index (χ2n) is 3.78. The van der Waals surface area contributed by atoms with E-state index in [-0.39, 0.29) is 0 Å². The van der Waals surface area contributed by atoms with Crippen LogP contribution in [0.25, 0.3) is 11.1 Å². The predicted octanol–water partition coefficient (Wildman–Crippen LogP) is 2.98. The predicted molar refractivity (Wildman–Crippen MR) is 67.9 cm³/mol. The molecule has 18 heavy (non-hydrogen) atoms. The molecule has 0 aliphatic rings. The van der Waals surface area contributed by atoms with Crippen LogP contribution in [-0.4, -0.2) is 4.98 Å². The van der Waals surface area contributed by atoms with Gasteiger partial charge in [0, 0.05) is 5.69 Å². The van der Waals surface area contributed by atoms with E-state index in [4.69, 9.17) is 20.4 Å². The highest BCUT2D eigenvalue weighted by Gasteiger charge is 2.03. The molecule has 6 heteroatoms. The Morgan fingerprint density at radius 1 is 1.22 bits per heavy atom. The zero-order valence-electron chi connectivity index (χ0n) is 9.20. The van der Waals surface area contributed by atoms with Crippen molar-refractivity contribution in [2.75, 3.05) is 5.32 Å². The minimum atomic E-state index is -0.458. The first-order chi connectivity index (χ1) is 8.70. The van der Waals surface area contributed by atoms with Crippen molar-refractivity contribution in [3.63, 3.8) is 0 Å². The summed E-state index contributed by atoms with van der Waals surface area (Å²) in [4.78, 5) is 13.6. The van der Waals surface area contributed by atoms with Crippen LogP contribution in [-0.2, 0) is 6.54 Å². The first-order valence-corrected chi connectivity index (χ1v) is 5.69. The van der Waals surface area contributed by atoms with Crippen molar-refractivity contribution in [2.45, 2.75) is 6.54 Å². The second-order valence-corrected chi connectivity index (χ2v) is 4.16. The number of aromatic nitrogens is 1. The number of oxazole rings is 1. The number of hydrogen-bond donors (Lipinski definition) is 2. The molecule has 0 unspecified atom stereocenters. The van der Waals surface area contributed by atoms with Gasteiger partial charge in [-0.1, -0.05) is 0 Å². The second kappa shape index (κ2) is 4.27. The van der Waals surface area contributed by atoms with E-state index in [2.05, 4.69) is 10.3 Å². The van der Waals surface area contributed by atoms with Gasteiger partial charge in [0.15, 0.2) is 10.8 Å². The monoisotopic (exact) mass is 264 g/mol. The Morgan fingerprint density at radius 2 is 2.11 bits per heavy atom. The van der Waals surface area contributed by atoms with Gasteiger partial charge in [0.2, 0.25) is 0 Å². The average Bonchev–Trinajstić information content (AvgIpc) is 2.90. The Morgan fingerprint density at radius 3 is 2.89 bits per heavy atom. The first-order valence-electron chi connectivity index (χ1n) is 5.32. The van der Waals surface area contributed by atoms with Gasteiger partial charge < -0.3 is 14.2 Å². The summed E-state index contributed by atoms with van der Waals surface area (Å²) in [6.07, 6.45) is 0. The van der Waals surface area contributed by atoms with Crippen LogP contribution in [0, 0.1) is 0 Å². The van der Waals surface area contributed by atoms with Crippen molar-refractivity contribution in [1.82, 2.24) is 4.98 Å². The Labute approximate surface area is 106 Å². The quantitative estimate of drug-likeness (QED) is 0.763. The number of hydrogen-bond acceptors (Lipinski definition) is 4.